The summed E-state index contributed by atoms with van der Waals surface area (Å²) >= 11 is 1.77. The molecule has 1 fully saturated rings. The Labute approximate surface area is 133 Å². The molecule has 0 saturated carbocycles. The number of ether oxygens (including phenoxy) is 1. The van der Waals surface area contributed by atoms with Gasteiger partial charge in [-0.2, -0.15) is 11.8 Å². The number of halogens is 1. The molecule has 2 rings (SSSR count). The minimum absolute atomic E-state index is 0.178. The fraction of sp³-hybridized carbons (Fsp3) is 0.467. The van der Waals surface area contributed by atoms with E-state index in [-0.39, 0.29) is 18.0 Å². The highest BCUT2D eigenvalue weighted by Gasteiger charge is 2.35. The lowest BCUT2D eigenvalue weighted by Crippen LogP contribution is -2.48. The van der Waals surface area contributed by atoms with Gasteiger partial charge in [0.25, 0.3) is 0 Å². The van der Waals surface area contributed by atoms with E-state index >= 15 is 0 Å². The van der Waals surface area contributed by atoms with E-state index < -0.39 is 11.8 Å². The third-order valence-electron chi connectivity index (χ3n) is 3.64. The van der Waals surface area contributed by atoms with E-state index in [2.05, 4.69) is 10.6 Å². The van der Waals surface area contributed by atoms with Gasteiger partial charge >= 0.3 is 11.8 Å². The van der Waals surface area contributed by atoms with Crippen LogP contribution in [0.15, 0.2) is 24.3 Å². The van der Waals surface area contributed by atoms with Crippen LogP contribution in [0.4, 0.5) is 4.39 Å². The number of hydrogen-bond donors (Lipinski definition) is 2. The third-order valence-corrected chi connectivity index (χ3v) is 4.87. The van der Waals surface area contributed by atoms with Crippen LogP contribution in [0.25, 0.3) is 0 Å². The molecule has 0 unspecified atom stereocenters. The van der Waals surface area contributed by atoms with Crippen LogP contribution in [0.1, 0.15) is 12.0 Å². The van der Waals surface area contributed by atoms with Crippen molar-refractivity contribution in [2.24, 2.45) is 0 Å². The van der Waals surface area contributed by atoms with Crippen molar-refractivity contribution in [2.75, 3.05) is 25.2 Å². The second-order valence-electron chi connectivity index (χ2n) is 5.18. The largest absolute Gasteiger partial charge is 0.376 e. The van der Waals surface area contributed by atoms with E-state index in [1.165, 1.54) is 12.1 Å². The highest BCUT2D eigenvalue weighted by Crippen LogP contribution is 2.30. The number of benzene rings is 1. The van der Waals surface area contributed by atoms with Crippen molar-refractivity contribution in [1.29, 1.82) is 0 Å². The van der Waals surface area contributed by atoms with E-state index in [0.717, 1.165) is 23.5 Å². The quantitative estimate of drug-likeness (QED) is 0.795. The van der Waals surface area contributed by atoms with Crippen LogP contribution < -0.4 is 10.6 Å². The number of carbonyl (C=O) groups excluding carboxylic acids is 2. The molecule has 1 saturated heterocycles. The summed E-state index contributed by atoms with van der Waals surface area (Å²) in [5.74, 6) is 0.0605. The number of rotatable bonds is 5. The Bertz CT molecular complexity index is 530. The van der Waals surface area contributed by atoms with Crippen molar-refractivity contribution >= 4 is 23.6 Å². The van der Waals surface area contributed by atoms with Crippen LogP contribution in [-0.2, 0) is 20.9 Å². The molecule has 1 heterocycles. The molecule has 1 aliphatic heterocycles. The first-order valence-corrected chi connectivity index (χ1v) is 8.13. The molecule has 0 aromatic heterocycles. The zero-order valence-electron chi connectivity index (χ0n) is 12.4. The van der Waals surface area contributed by atoms with Gasteiger partial charge in [-0.3, -0.25) is 9.59 Å². The van der Waals surface area contributed by atoms with Crippen LogP contribution in [0, 0.1) is 5.82 Å². The summed E-state index contributed by atoms with van der Waals surface area (Å²) in [7, 11) is 1.62. The van der Waals surface area contributed by atoms with Gasteiger partial charge in [0.1, 0.15) is 5.82 Å². The molecule has 0 spiro atoms. The normalized spacial score (nSPS) is 20.6. The maximum Gasteiger partial charge on any atom is 0.309 e. The van der Waals surface area contributed by atoms with E-state index in [1.807, 2.05) is 0 Å². The number of thioether (sulfide) groups is 1. The van der Waals surface area contributed by atoms with Crippen molar-refractivity contribution in [3.05, 3.63) is 35.6 Å². The van der Waals surface area contributed by atoms with Gasteiger partial charge < -0.3 is 15.4 Å². The van der Waals surface area contributed by atoms with Crippen molar-refractivity contribution in [1.82, 2.24) is 10.6 Å². The lowest BCUT2D eigenvalue weighted by molar-refractivity contribution is -0.140. The molecule has 22 heavy (non-hydrogen) atoms. The molecule has 1 aliphatic rings. The molecule has 0 bridgehead atoms. The summed E-state index contributed by atoms with van der Waals surface area (Å²) in [5.41, 5.74) is 0.348. The Kier molecular flexibility index (Phi) is 5.79. The molecule has 2 N–H and O–H groups in total. The summed E-state index contributed by atoms with van der Waals surface area (Å²) in [6, 6.07) is 5.73. The van der Waals surface area contributed by atoms with Crippen LogP contribution in [0.3, 0.4) is 0 Å². The maximum atomic E-state index is 12.8. The topological polar surface area (TPSA) is 67.4 Å². The van der Waals surface area contributed by atoms with Crippen LogP contribution in [-0.4, -0.2) is 42.6 Å². The number of carbonyl (C=O) groups is 2. The van der Waals surface area contributed by atoms with Crippen molar-refractivity contribution in [3.63, 3.8) is 0 Å². The SMILES string of the molecule is CO[C@]1(CNC(=O)C(=O)NCc2ccc(F)cc2)CCSC1. The predicted molar refractivity (Wildman–Crippen MR) is 82.9 cm³/mol. The molecule has 1 aromatic rings. The lowest BCUT2D eigenvalue weighted by atomic mass is 10.0. The molecular formula is C15H19FN2O3S. The second kappa shape index (κ2) is 7.60. The van der Waals surface area contributed by atoms with Gasteiger partial charge in [0.15, 0.2) is 0 Å². The van der Waals surface area contributed by atoms with Crippen molar-refractivity contribution in [3.8, 4) is 0 Å². The highest BCUT2D eigenvalue weighted by atomic mass is 32.2. The summed E-state index contributed by atoms with van der Waals surface area (Å²) in [4.78, 5) is 23.5. The molecule has 2 amide bonds. The predicted octanol–water partition coefficient (Wildman–Crippen LogP) is 1.08. The van der Waals surface area contributed by atoms with Crippen LogP contribution in [0.5, 0.6) is 0 Å². The zero-order chi connectivity index (χ0) is 16.0. The second-order valence-corrected chi connectivity index (χ2v) is 6.29. The van der Waals surface area contributed by atoms with Gasteiger partial charge in [0.2, 0.25) is 0 Å². The fourth-order valence-corrected chi connectivity index (χ4v) is 3.54. The van der Waals surface area contributed by atoms with E-state index in [0.29, 0.717) is 6.54 Å². The third kappa shape index (κ3) is 4.45. The Hall–Kier alpha value is -1.60. The Morgan fingerprint density at radius 2 is 1.95 bits per heavy atom. The number of amides is 2. The summed E-state index contributed by atoms with van der Waals surface area (Å²) in [5, 5.41) is 5.12. The Morgan fingerprint density at radius 1 is 1.27 bits per heavy atom. The molecular weight excluding hydrogens is 307 g/mol. The minimum atomic E-state index is -0.707. The van der Waals surface area contributed by atoms with E-state index in [9.17, 15) is 14.0 Å². The monoisotopic (exact) mass is 326 g/mol. The summed E-state index contributed by atoms with van der Waals surface area (Å²) < 4.78 is 18.2. The van der Waals surface area contributed by atoms with Gasteiger partial charge in [-0.05, 0) is 29.9 Å². The summed E-state index contributed by atoms with van der Waals surface area (Å²) in [6.45, 7) is 0.497. The molecule has 0 aliphatic carbocycles. The van der Waals surface area contributed by atoms with Gasteiger partial charge in [0, 0.05) is 26.0 Å². The summed E-state index contributed by atoms with van der Waals surface area (Å²) in [6.07, 6.45) is 0.853. The van der Waals surface area contributed by atoms with Crippen molar-refractivity contribution < 1.29 is 18.7 Å². The fourth-order valence-electron chi connectivity index (χ4n) is 2.15. The van der Waals surface area contributed by atoms with Crippen LogP contribution in [0.2, 0.25) is 0 Å². The molecule has 7 heteroatoms. The average molecular weight is 326 g/mol. The van der Waals surface area contributed by atoms with Gasteiger partial charge in [0.05, 0.1) is 5.60 Å². The molecule has 1 atom stereocenters. The van der Waals surface area contributed by atoms with Gasteiger partial charge in [-0.25, -0.2) is 4.39 Å². The first-order valence-electron chi connectivity index (χ1n) is 6.98. The van der Waals surface area contributed by atoms with E-state index in [1.54, 1.807) is 31.0 Å². The zero-order valence-corrected chi connectivity index (χ0v) is 13.2. The number of methoxy groups -OCH3 is 1. The first-order chi connectivity index (χ1) is 10.5. The van der Waals surface area contributed by atoms with E-state index in [4.69, 9.17) is 4.74 Å². The molecule has 1 aromatic carbocycles. The highest BCUT2D eigenvalue weighted by molar-refractivity contribution is 7.99. The minimum Gasteiger partial charge on any atom is -0.376 e. The molecule has 0 radical (unpaired) electrons. The smallest absolute Gasteiger partial charge is 0.309 e. The Balaban J connectivity index is 1.77. The lowest BCUT2D eigenvalue weighted by Gasteiger charge is -2.26. The van der Waals surface area contributed by atoms with Crippen molar-refractivity contribution in [2.45, 2.75) is 18.6 Å². The maximum absolute atomic E-state index is 12.8. The number of hydrogen-bond acceptors (Lipinski definition) is 4. The van der Waals surface area contributed by atoms with Gasteiger partial charge in [-0.15, -0.1) is 0 Å². The van der Waals surface area contributed by atoms with Crippen LogP contribution >= 0.6 is 11.8 Å². The molecule has 120 valence electrons. The first kappa shape index (κ1) is 16.8. The number of nitrogens with one attached hydrogen (secondary N) is 2. The van der Waals surface area contributed by atoms with Gasteiger partial charge in [-0.1, -0.05) is 12.1 Å². The Morgan fingerprint density at radius 3 is 2.55 bits per heavy atom. The standard InChI is InChI=1S/C15H19FN2O3S/c1-21-15(6-7-22-10-15)9-18-14(20)13(19)17-8-11-2-4-12(16)5-3-11/h2-5H,6-10H2,1H3,(H,17,19)(H,18,20)/t15-/m0/s1. The molecule has 5 nitrogen and oxygen atoms in total. The average Bonchev–Trinajstić information content (AvgIpc) is 3.01.